The van der Waals surface area contributed by atoms with Crippen molar-refractivity contribution in [3.63, 3.8) is 0 Å². The third kappa shape index (κ3) is 5.11. The molecule has 0 aliphatic heterocycles. The molecule has 0 aliphatic rings. The maximum Gasteiger partial charge on any atom is 0.0252 e. The quantitative estimate of drug-likeness (QED) is 0.435. The molecule has 0 amide bonds. The standard InChI is InChI=1S/C27H28/c1-4-6-7-23-8-10-24(11-9-23)12-13-25-16-19-27(21(3)20-25)26-17-14-22(5-2)15-18-26/h8-11,14-20H,4-7H2,1-3H3. The fourth-order valence-electron chi connectivity index (χ4n) is 3.27. The highest BCUT2D eigenvalue weighted by molar-refractivity contribution is 5.68. The summed E-state index contributed by atoms with van der Waals surface area (Å²) in [6.07, 6.45) is 4.72. The van der Waals surface area contributed by atoms with Crippen LogP contribution in [-0.4, -0.2) is 0 Å². The topological polar surface area (TPSA) is 0 Å². The molecule has 0 nitrogen and oxygen atoms in total. The molecule has 0 bridgehead atoms. The summed E-state index contributed by atoms with van der Waals surface area (Å²) in [6.45, 7) is 6.58. The number of aryl methyl sites for hydroxylation is 3. The lowest BCUT2D eigenvalue weighted by Gasteiger charge is -2.07. The minimum Gasteiger partial charge on any atom is -0.0654 e. The maximum atomic E-state index is 3.31. The molecular weight excluding hydrogens is 324 g/mol. The van der Waals surface area contributed by atoms with E-state index in [9.17, 15) is 0 Å². The predicted octanol–water partition coefficient (Wildman–Crippen LogP) is 6.97. The first-order chi connectivity index (χ1) is 13.2. The molecule has 0 saturated heterocycles. The van der Waals surface area contributed by atoms with E-state index < -0.39 is 0 Å². The summed E-state index contributed by atoms with van der Waals surface area (Å²) in [6, 6.07) is 24.0. The van der Waals surface area contributed by atoms with Crippen LogP contribution in [0.3, 0.4) is 0 Å². The smallest absolute Gasteiger partial charge is 0.0252 e. The van der Waals surface area contributed by atoms with Crippen molar-refractivity contribution in [2.24, 2.45) is 0 Å². The molecule has 27 heavy (non-hydrogen) atoms. The van der Waals surface area contributed by atoms with Gasteiger partial charge in [0.15, 0.2) is 0 Å². The van der Waals surface area contributed by atoms with Crippen LogP contribution in [0, 0.1) is 18.8 Å². The Balaban J connectivity index is 1.75. The first kappa shape index (κ1) is 19.0. The molecule has 136 valence electrons. The molecule has 0 atom stereocenters. The second kappa shape index (κ2) is 9.24. The van der Waals surface area contributed by atoms with Crippen molar-refractivity contribution in [1.82, 2.24) is 0 Å². The minimum absolute atomic E-state index is 1.07. The number of rotatable bonds is 5. The number of hydrogen-bond acceptors (Lipinski definition) is 0. The molecule has 3 aromatic rings. The average molecular weight is 353 g/mol. The van der Waals surface area contributed by atoms with Crippen LogP contribution in [0.5, 0.6) is 0 Å². The van der Waals surface area contributed by atoms with Gasteiger partial charge in [-0.05, 0) is 78.3 Å². The van der Waals surface area contributed by atoms with Crippen LogP contribution in [0.2, 0.25) is 0 Å². The SMILES string of the molecule is CCCCc1ccc(C#Cc2ccc(-c3ccc(CC)cc3)c(C)c2)cc1. The number of hydrogen-bond donors (Lipinski definition) is 0. The fraction of sp³-hybridized carbons (Fsp3) is 0.259. The molecule has 0 radical (unpaired) electrons. The molecule has 0 spiro atoms. The third-order valence-electron chi connectivity index (χ3n) is 5.02. The van der Waals surface area contributed by atoms with E-state index in [0.717, 1.165) is 24.0 Å². The van der Waals surface area contributed by atoms with E-state index in [4.69, 9.17) is 0 Å². The first-order valence-corrected chi connectivity index (χ1v) is 10.0. The Morgan fingerprint density at radius 2 is 1.33 bits per heavy atom. The van der Waals surface area contributed by atoms with Crippen molar-refractivity contribution in [2.45, 2.75) is 46.5 Å². The van der Waals surface area contributed by atoms with E-state index in [1.807, 2.05) is 0 Å². The minimum atomic E-state index is 1.07. The fourth-order valence-corrected chi connectivity index (χ4v) is 3.27. The lowest BCUT2D eigenvalue weighted by Crippen LogP contribution is -1.87. The number of benzene rings is 3. The predicted molar refractivity (Wildman–Crippen MR) is 117 cm³/mol. The molecule has 0 unspecified atom stereocenters. The summed E-state index contributed by atoms with van der Waals surface area (Å²) < 4.78 is 0. The zero-order chi connectivity index (χ0) is 19.1. The third-order valence-corrected chi connectivity index (χ3v) is 5.02. The van der Waals surface area contributed by atoms with E-state index in [0.29, 0.717) is 0 Å². The van der Waals surface area contributed by atoms with Crippen molar-refractivity contribution in [3.05, 3.63) is 94.5 Å². The van der Waals surface area contributed by atoms with Gasteiger partial charge in [-0.1, -0.05) is 74.6 Å². The van der Waals surface area contributed by atoms with Gasteiger partial charge >= 0.3 is 0 Å². The van der Waals surface area contributed by atoms with Gasteiger partial charge in [-0.15, -0.1) is 0 Å². The van der Waals surface area contributed by atoms with Gasteiger partial charge < -0.3 is 0 Å². The molecule has 0 N–H and O–H groups in total. The Hall–Kier alpha value is -2.78. The van der Waals surface area contributed by atoms with Crippen LogP contribution in [0.15, 0.2) is 66.7 Å². The first-order valence-electron chi connectivity index (χ1n) is 10.0. The van der Waals surface area contributed by atoms with Crippen molar-refractivity contribution in [2.75, 3.05) is 0 Å². The Morgan fingerprint density at radius 3 is 1.96 bits per heavy atom. The van der Waals surface area contributed by atoms with Crippen LogP contribution >= 0.6 is 0 Å². The largest absolute Gasteiger partial charge is 0.0654 e. The van der Waals surface area contributed by atoms with Crippen LogP contribution in [0.1, 0.15) is 54.5 Å². The van der Waals surface area contributed by atoms with E-state index >= 15 is 0 Å². The normalized spacial score (nSPS) is 10.3. The van der Waals surface area contributed by atoms with Gasteiger partial charge in [0.05, 0.1) is 0 Å². The second-order valence-corrected chi connectivity index (χ2v) is 7.13. The van der Waals surface area contributed by atoms with E-state index in [2.05, 4.69) is 99.3 Å². The van der Waals surface area contributed by atoms with Crippen LogP contribution in [0.25, 0.3) is 11.1 Å². The Kier molecular flexibility index (Phi) is 6.50. The summed E-state index contributed by atoms with van der Waals surface area (Å²) in [5.74, 6) is 6.61. The number of unbranched alkanes of at least 4 members (excludes halogenated alkanes) is 1. The van der Waals surface area contributed by atoms with Crippen molar-refractivity contribution in [1.29, 1.82) is 0 Å². The van der Waals surface area contributed by atoms with Crippen LogP contribution < -0.4 is 0 Å². The second-order valence-electron chi connectivity index (χ2n) is 7.13. The zero-order valence-corrected chi connectivity index (χ0v) is 16.7. The highest BCUT2D eigenvalue weighted by Crippen LogP contribution is 2.24. The average Bonchev–Trinajstić information content (AvgIpc) is 2.72. The van der Waals surface area contributed by atoms with Gasteiger partial charge in [0.2, 0.25) is 0 Å². The van der Waals surface area contributed by atoms with Gasteiger partial charge in [-0.3, -0.25) is 0 Å². The van der Waals surface area contributed by atoms with E-state index in [1.54, 1.807) is 0 Å². The van der Waals surface area contributed by atoms with E-state index in [1.165, 1.54) is 40.7 Å². The lowest BCUT2D eigenvalue weighted by atomic mass is 9.97. The van der Waals surface area contributed by atoms with Crippen LogP contribution in [-0.2, 0) is 12.8 Å². The molecule has 0 heterocycles. The molecule has 0 aliphatic carbocycles. The molecule has 0 fully saturated rings. The molecule has 0 aromatic heterocycles. The zero-order valence-electron chi connectivity index (χ0n) is 16.7. The molecule has 3 rings (SSSR count). The summed E-state index contributed by atoms with van der Waals surface area (Å²) in [7, 11) is 0. The van der Waals surface area contributed by atoms with Gasteiger partial charge in [-0.2, -0.15) is 0 Å². The summed E-state index contributed by atoms with van der Waals surface area (Å²) in [5.41, 5.74) is 8.73. The van der Waals surface area contributed by atoms with Gasteiger partial charge in [-0.25, -0.2) is 0 Å². The highest BCUT2D eigenvalue weighted by atomic mass is 14.1. The molecule has 0 heteroatoms. The Morgan fingerprint density at radius 1 is 0.704 bits per heavy atom. The van der Waals surface area contributed by atoms with Crippen molar-refractivity contribution in [3.8, 4) is 23.0 Å². The van der Waals surface area contributed by atoms with Crippen molar-refractivity contribution >= 4 is 0 Å². The maximum absolute atomic E-state index is 3.31. The summed E-state index contributed by atoms with van der Waals surface area (Å²) in [4.78, 5) is 0. The van der Waals surface area contributed by atoms with Crippen molar-refractivity contribution < 1.29 is 0 Å². The molecule has 3 aromatic carbocycles. The van der Waals surface area contributed by atoms with Gasteiger partial charge in [0.1, 0.15) is 0 Å². The lowest BCUT2D eigenvalue weighted by molar-refractivity contribution is 0.795. The van der Waals surface area contributed by atoms with E-state index in [-0.39, 0.29) is 0 Å². The monoisotopic (exact) mass is 352 g/mol. The molecular formula is C27H28. The summed E-state index contributed by atoms with van der Waals surface area (Å²) in [5, 5.41) is 0. The highest BCUT2D eigenvalue weighted by Gasteiger charge is 2.02. The Labute approximate surface area is 164 Å². The molecule has 0 saturated carbocycles. The van der Waals surface area contributed by atoms with Gasteiger partial charge in [0, 0.05) is 11.1 Å². The summed E-state index contributed by atoms with van der Waals surface area (Å²) >= 11 is 0. The van der Waals surface area contributed by atoms with Crippen LogP contribution in [0.4, 0.5) is 0 Å². The van der Waals surface area contributed by atoms with Gasteiger partial charge in [0.25, 0.3) is 0 Å². The Bertz CT molecular complexity index is 932.